The molecule has 0 radical (unpaired) electrons. The summed E-state index contributed by atoms with van der Waals surface area (Å²) in [5.74, 6) is -0.229. The number of likely N-dealkylation sites (tertiary alicyclic amines) is 2. The number of aromatic nitrogens is 1. The summed E-state index contributed by atoms with van der Waals surface area (Å²) in [7, 11) is 0. The maximum Gasteiger partial charge on any atom is 0.255 e. The first-order chi connectivity index (χ1) is 20.4. The zero-order valence-corrected chi connectivity index (χ0v) is 23.5. The zero-order valence-electron chi connectivity index (χ0n) is 23.5. The minimum Gasteiger partial charge on any atom is -0.348 e. The molecule has 3 aromatic carbocycles. The van der Waals surface area contributed by atoms with Gasteiger partial charge in [-0.15, -0.1) is 0 Å². The van der Waals surface area contributed by atoms with E-state index in [-0.39, 0.29) is 23.3 Å². The lowest BCUT2D eigenvalue weighted by atomic mass is 9.76. The predicted molar refractivity (Wildman–Crippen MR) is 162 cm³/mol. The van der Waals surface area contributed by atoms with Crippen LogP contribution in [0.4, 0.5) is 0 Å². The van der Waals surface area contributed by atoms with Gasteiger partial charge in [0, 0.05) is 55.8 Å². The average Bonchev–Trinajstić information content (AvgIpc) is 2.99. The molecule has 0 unspecified atom stereocenters. The highest BCUT2D eigenvalue weighted by Crippen LogP contribution is 2.41. The van der Waals surface area contributed by atoms with Crippen molar-refractivity contribution in [1.82, 2.24) is 20.1 Å². The molecule has 7 heteroatoms. The van der Waals surface area contributed by atoms with Gasteiger partial charge in [-0.3, -0.25) is 19.4 Å². The number of carbonyl (C=O) groups excluding carboxylic acids is 3. The van der Waals surface area contributed by atoms with Crippen molar-refractivity contribution in [3.8, 4) is 11.1 Å². The molecule has 1 spiro atoms. The van der Waals surface area contributed by atoms with E-state index >= 15 is 0 Å². The summed E-state index contributed by atoms with van der Waals surface area (Å²) < 4.78 is 0. The van der Waals surface area contributed by atoms with Crippen LogP contribution in [0.5, 0.6) is 0 Å². The Bertz CT molecular complexity index is 1640. The van der Waals surface area contributed by atoms with Crippen LogP contribution < -0.4 is 5.32 Å². The second-order valence-electron chi connectivity index (χ2n) is 11.0. The summed E-state index contributed by atoms with van der Waals surface area (Å²) in [6.45, 7) is 4.17. The van der Waals surface area contributed by atoms with Crippen molar-refractivity contribution in [3.63, 3.8) is 0 Å². The first-order valence-corrected chi connectivity index (χ1v) is 14.1. The number of hydrogen-bond donors (Lipinski definition) is 1. The molecule has 2 saturated heterocycles. The fourth-order valence-corrected chi connectivity index (χ4v) is 5.64. The fraction of sp³-hybridized carbons (Fsp3) is 0.200. The number of pyridine rings is 1. The Morgan fingerprint density at radius 3 is 2.36 bits per heavy atom. The minimum absolute atomic E-state index is 0.0196. The first-order valence-electron chi connectivity index (χ1n) is 14.1. The summed E-state index contributed by atoms with van der Waals surface area (Å²) in [5, 5.41) is 2.86. The van der Waals surface area contributed by atoms with Gasteiger partial charge in [0.05, 0.1) is 5.54 Å². The van der Waals surface area contributed by atoms with Crippen molar-refractivity contribution in [3.05, 3.63) is 131 Å². The highest BCUT2D eigenvalue weighted by Gasteiger charge is 2.56. The number of nitrogens with one attached hydrogen (secondary N) is 1. The summed E-state index contributed by atoms with van der Waals surface area (Å²) in [4.78, 5) is 46.8. The van der Waals surface area contributed by atoms with Gasteiger partial charge in [0.2, 0.25) is 5.91 Å². The maximum atomic E-state index is 13.7. The third-order valence-corrected chi connectivity index (χ3v) is 8.18. The second kappa shape index (κ2) is 11.4. The monoisotopic (exact) mass is 556 g/mol. The molecule has 42 heavy (non-hydrogen) atoms. The van der Waals surface area contributed by atoms with E-state index in [1.165, 1.54) is 11.6 Å². The van der Waals surface area contributed by atoms with Crippen molar-refractivity contribution in [2.24, 2.45) is 0 Å². The Labute approximate surface area is 245 Å². The molecule has 3 amide bonds. The van der Waals surface area contributed by atoms with E-state index < -0.39 is 0 Å². The van der Waals surface area contributed by atoms with Crippen LogP contribution in [0, 0.1) is 6.92 Å². The lowest BCUT2D eigenvalue weighted by Gasteiger charge is -2.62. The number of benzene rings is 3. The molecule has 2 aliphatic heterocycles. The van der Waals surface area contributed by atoms with E-state index in [1.54, 1.807) is 30.6 Å². The van der Waals surface area contributed by atoms with Gasteiger partial charge in [0.1, 0.15) is 0 Å². The SMILES string of the molecule is Cc1ccc(-c2ccccc2C(=O)N2CCC23CN(C(=O)c2ccc(CNC(=O)/C=C/c4cccnc4)cc2)C3)cc1. The van der Waals surface area contributed by atoms with E-state index in [0.717, 1.165) is 28.7 Å². The van der Waals surface area contributed by atoms with Crippen LogP contribution in [0.25, 0.3) is 17.2 Å². The summed E-state index contributed by atoms with van der Waals surface area (Å²) in [5.41, 5.74) is 5.88. The average molecular weight is 557 g/mol. The number of aryl methyl sites for hydroxylation is 1. The third kappa shape index (κ3) is 5.46. The second-order valence-corrected chi connectivity index (χ2v) is 11.0. The van der Waals surface area contributed by atoms with E-state index in [2.05, 4.69) is 34.6 Å². The highest BCUT2D eigenvalue weighted by molar-refractivity contribution is 6.02. The molecule has 4 aromatic rings. The standard InChI is InChI=1S/C35H32N4O3/c1-25-8-13-28(14-9-25)30-6-2-3-7-31(30)34(42)39-20-18-35(39)23-38(24-35)33(41)29-15-10-27(11-16-29)22-37-32(40)17-12-26-5-4-19-36-21-26/h2-17,19,21H,18,20,22-24H2,1H3,(H,37,40)/b17-12+. The van der Waals surface area contributed by atoms with Gasteiger partial charge >= 0.3 is 0 Å². The molecule has 0 aliphatic carbocycles. The Morgan fingerprint density at radius 1 is 0.905 bits per heavy atom. The van der Waals surface area contributed by atoms with Gasteiger partial charge < -0.3 is 15.1 Å². The van der Waals surface area contributed by atoms with Crippen molar-refractivity contribution < 1.29 is 14.4 Å². The van der Waals surface area contributed by atoms with Crippen LogP contribution in [0.1, 0.15) is 43.8 Å². The van der Waals surface area contributed by atoms with Crippen LogP contribution in [-0.2, 0) is 11.3 Å². The van der Waals surface area contributed by atoms with Crippen molar-refractivity contribution in [2.75, 3.05) is 19.6 Å². The molecule has 1 aromatic heterocycles. The molecule has 210 valence electrons. The lowest BCUT2D eigenvalue weighted by molar-refractivity contribution is -0.116. The Morgan fingerprint density at radius 2 is 1.67 bits per heavy atom. The zero-order chi connectivity index (χ0) is 29.1. The van der Waals surface area contributed by atoms with Crippen molar-refractivity contribution in [1.29, 1.82) is 0 Å². The molecule has 2 fully saturated rings. The van der Waals surface area contributed by atoms with Crippen LogP contribution in [0.2, 0.25) is 0 Å². The number of nitrogens with zero attached hydrogens (tertiary/aromatic N) is 3. The lowest BCUT2D eigenvalue weighted by Crippen LogP contribution is -2.78. The van der Waals surface area contributed by atoms with Gasteiger partial charge in [0.15, 0.2) is 0 Å². The molecule has 6 rings (SSSR count). The summed E-state index contributed by atoms with van der Waals surface area (Å²) in [6.07, 6.45) is 7.45. The molecular weight excluding hydrogens is 524 g/mol. The molecule has 0 bridgehead atoms. The number of amides is 3. The number of hydrogen-bond acceptors (Lipinski definition) is 4. The molecular formula is C35H32N4O3. The normalized spacial score (nSPS) is 15.3. The van der Waals surface area contributed by atoms with Crippen LogP contribution in [0.15, 0.2) is 103 Å². The minimum atomic E-state index is -0.291. The predicted octanol–water partition coefficient (Wildman–Crippen LogP) is 5.13. The van der Waals surface area contributed by atoms with Gasteiger partial charge in [-0.25, -0.2) is 0 Å². The van der Waals surface area contributed by atoms with Gasteiger partial charge in [0.25, 0.3) is 11.8 Å². The summed E-state index contributed by atoms with van der Waals surface area (Å²) >= 11 is 0. The quantitative estimate of drug-likeness (QED) is 0.320. The first kappa shape index (κ1) is 27.1. The topological polar surface area (TPSA) is 82.6 Å². The van der Waals surface area contributed by atoms with Crippen LogP contribution in [0.3, 0.4) is 0 Å². The fourth-order valence-electron chi connectivity index (χ4n) is 5.64. The third-order valence-electron chi connectivity index (χ3n) is 8.18. The van der Waals surface area contributed by atoms with Crippen LogP contribution >= 0.6 is 0 Å². The van der Waals surface area contributed by atoms with E-state index in [4.69, 9.17) is 0 Å². The van der Waals surface area contributed by atoms with Crippen molar-refractivity contribution in [2.45, 2.75) is 25.4 Å². The molecule has 0 atom stereocenters. The molecule has 2 aliphatic rings. The largest absolute Gasteiger partial charge is 0.348 e. The van der Waals surface area contributed by atoms with E-state index in [0.29, 0.717) is 37.3 Å². The maximum absolute atomic E-state index is 13.7. The van der Waals surface area contributed by atoms with Crippen molar-refractivity contribution >= 4 is 23.8 Å². The Balaban J connectivity index is 1.04. The van der Waals surface area contributed by atoms with E-state index in [9.17, 15) is 14.4 Å². The molecule has 0 saturated carbocycles. The molecule has 3 heterocycles. The number of carbonyl (C=O) groups is 3. The highest BCUT2D eigenvalue weighted by atomic mass is 16.2. The van der Waals surface area contributed by atoms with Gasteiger partial charge in [-0.1, -0.05) is 66.2 Å². The molecule has 1 N–H and O–H groups in total. The van der Waals surface area contributed by atoms with Gasteiger partial charge in [-0.05, 0) is 65.9 Å². The molecule has 7 nitrogen and oxygen atoms in total. The Kier molecular flexibility index (Phi) is 7.40. The van der Waals surface area contributed by atoms with Crippen LogP contribution in [-0.4, -0.2) is 57.7 Å². The smallest absolute Gasteiger partial charge is 0.255 e. The number of rotatable bonds is 7. The Hall–Kier alpha value is -5.04. The summed E-state index contributed by atoms with van der Waals surface area (Å²) in [6, 6.07) is 27.0. The van der Waals surface area contributed by atoms with E-state index in [1.807, 2.05) is 65.3 Å². The van der Waals surface area contributed by atoms with Gasteiger partial charge in [-0.2, -0.15) is 0 Å².